The van der Waals surface area contributed by atoms with Gasteiger partial charge in [-0.15, -0.1) is 10.2 Å². The van der Waals surface area contributed by atoms with Crippen molar-refractivity contribution in [2.24, 2.45) is 0 Å². The third kappa shape index (κ3) is 3.97. The van der Waals surface area contributed by atoms with Gasteiger partial charge >= 0.3 is 0 Å². The minimum absolute atomic E-state index is 0.249. The van der Waals surface area contributed by atoms with E-state index in [0.29, 0.717) is 22.3 Å². The standard InChI is InChI=1S/C16H17ClN6OS/c1-16(2,23-9-12(18)8-19-23)14(24)20-15-22-21-13(25-15)7-10-4-3-5-11(17)6-10/h3-6,8-9H,7,18H2,1-2H3,(H,20,22,24). The summed E-state index contributed by atoms with van der Waals surface area (Å²) in [6.45, 7) is 3.51. The Labute approximate surface area is 153 Å². The Morgan fingerprint density at radius 1 is 1.40 bits per heavy atom. The highest BCUT2D eigenvalue weighted by Crippen LogP contribution is 2.23. The fourth-order valence-corrected chi connectivity index (χ4v) is 3.18. The lowest BCUT2D eigenvalue weighted by Crippen LogP contribution is -2.40. The molecule has 0 aliphatic carbocycles. The van der Waals surface area contributed by atoms with Gasteiger partial charge in [0.05, 0.1) is 11.9 Å². The summed E-state index contributed by atoms with van der Waals surface area (Å²) in [6, 6.07) is 7.56. The van der Waals surface area contributed by atoms with Crippen LogP contribution in [0.3, 0.4) is 0 Å². The molecule has 0 bridgehead atoms. The molecule has 0 atom stereocenters. The summed E-state index contributed by atoms with van der Waals surface area (Å²) in [5.41, 5.74) is 6.30. The third-order valence-electron chi connectivity index (χ3n) is 3.66. The van der Waals surface area contributed by atoms with Crippen molar-refractivity contribution in [3.63, 3.8) is 0 Å². The van der Waals surface area contributed by atoms with Crippen molar-refractivity contribution >= 4 is 39.7 Å². The fraction of sp³-hybridized carbons (Fsp3) is 0.250. The summed E-state index contributed by atoms with van der Waals surface area (Å²) in [6.07, 6.45) is 3.72. The van der Waals surface area contributed by atoms with Crippen LogP contribution in [0.25, 0.3) is 0 Å². The first-order valence-electron chi connectivity index (χ1n) is 7.53. The number of benzene rings is 1. The fourth-order valence-electron chi connectivity index (χ4n) is 2.19. The average molecular weight is 377 g/mol. The van der Waals surface area contributed by atoms with Crippen LogP contribution < -0.4 is 11.1 Å². The number of aromatic nitrogens is 4. The maximum atomic E-state index is 12.6. The molecule has 0 saturated carbocycles. The van der Waals surface area contributed by atoms with E-state index in [9.17, 15) is 4.79 Å². The number of nitrogens with two attached hydrogens (primary N) is 1. The van der Waals surface area contributed by atoms with Crippen molar-refractivity contribution in [3.05, 3.63) is 52.3 Å². The number of rotatable bonds is 5. The second-order valence-electron chi connectivity index (χ2n) is 6.04. The van der Waals surface area contributed by atoms with Crippen molar-refractivity contribution in [3.8, 4) is 0 Å². The smallest absolute Gasteiger partial charge is 0.253 e. The van der Waals surface area contributed by atoms with E-state index in [1.54, 1.807) is 20.0 Å². The van der Waals surface area contributed by atoms with E-state index < -0.39 is 5.54 Å². The summed E-state index contributed by atoms with van der Waals surface area (Å²) in [5, 5.41) is 17.0. The zero-order valence-electron chi connectivity index (χ0n) is 13.7. The number of carbonyl (C=O) groups is 1. The summed E-state index contributed by atoms with van der Waals surface area (Å²) in [7, 11) is 0. The lowest BCUT2D eigenvalue weighted by Gasteiger charge is -2.23. The van der Waals surface area contributed by atoms with Gasteiger partial charge in [-0.25, -0.2) is 0 Å². The SMILES string of the molecule is CC(C)(C(=O)Nc1nnc(Cc2cccc(Cl)c2)s1)n1cc(N)cn1. The monoisotopic (exact) mass is 376 g/mol. The maximum Gasteiger partial charge on any atom is 0.253 e. The van der Waals surface area contributed by atoms with E-state index in [-0.39, 0.29) is 5.91 Å². The number of carbonyl (C=O) groups excluding carboxylic acids is 1. The highest BCUT2D eigenvalue weighted by Gasteiger charge is 2.31. The molecular formula is C16H17ClN6OS. The Morgan fingerprint density at radius 2 is 2.20 bits per heavy atom. The molecule has 0 aliphatic heterocycles. The molecule has 3 aromatic rings. The minimum atomic E-state index is -0.906. The van der Waals surface area contributed by atoms with E-state index in [0.717, 1.165) is 10.6 Å². The molecule has 0 radical (unpaired) electrons. The molecule has 0 saturated heterocycles. The number of nitrogens with one attached hydrogen (secondary N) is 1. The highest BCUT2D eigenvalue weighted by molar-refractivity contribution is 7.15. The molecule has 1 aromatic carbocycles. The molecular weight excluding hydrogens is 360 g/mol. The molecule has 2 heterocycles. The first-order valence-corrected chi connectivity index (χ1v) is 8.73. The topological polar surface area (TPSA) is 98.7 Å². The molecule has 9 heteroatoms. The molecule has 0 aliphatic rings. The number of nitrogens with zero attached hydrogens (tertiary/aromatic N) is 4. The molecule has 0 fully saturated rings. The zero-order valence-corrected chi connectivity index (χ0v) is 15.3. The van der Waals surface area contributed by atoms with Gasteiger partial charge in [0.25, 0.3) is 5.91 Å². The van der Waals surface area contributed by atoms with Crippen LogP contribution in [0.5, 0.6) is 0 Å². The Balaban J connectivity index is 1.69. The number of halogens is 1. The quantitative estimate of drug-likeness (QED) is 0.713. The highest BCUT2D eigenvalue weighted by atomic mass is 35.5. The molecule has 25 heavy (non-hydrogen) atoms. The number of hydrogen-bond donors (Lipinski definition) is 2. The van der Waals surface area contributed by atoms with Crippen molar-refractivity contribution in [1.29, 1.82) is 0 Å². The van der Waals surface area contributed by atoms with Crippen LogP contribution >= 0.6 is 22.9 Å². The molecule has 3 rings (SSSR count). The first-order chi connectivity index (χ1) is 11.8. The van der Waals surface area contributed by atoms with Gasteiger partial charge in [-0.3, -0.25) is 14.8 Å². The molecule has 0 unspecified atom stereocenters. The normalized spacial score (nSPS) is 11.5. The molecule has 1 amide bonds. The number of nitrogen functional groups attached to an aromatic ring is 1. The van der Waals surface area contributed by atoms with Gasteiger partial charge in [0, 0.05) is 17.6 Å². The molecule has 3 N–H and O–H groups in total. The minimum Gasteiger partial charge on any atom is -0.396 e. The first kappa shape index (κ1) is 17.4. The third-order valence-corrected chi connectivity index (χ3v) is 4.74. The van der Waals surface area contributed by atoms with Gasteiger partial charge < -0.3 is 5.73 Å². The average Bonchev–Trinajstić information content (AvgIpc) is 3.17. The summed E-state index contributed by atoms with van der Waals surface area (Å²) in [4.78, 5) is 12.6. The lowest BCUT2D eigenvalue weighted by atomic mass is 10.1. The largest absolute Gasteiger partial charge is 0.396 e. The second kappa shape index (κ2) is 6.81. The van der Waals surface area contributed by atoms with Crippen molar-refractivity contribution in [1.82, 2.24) is 20.0 Å². The second-order valence-corrected chi connectivity index (χ2v) is 7.54. The van der Waals surface area contributed by atoms with Crippen molar-refractivity contribution in [2.75, 3.05) is 11.1 Å². The van der Waals surface area contributed by atoms with Gasteiger partial charge in [-0.1, -0.05) is 35.1 Å². The van der Waals surface area contributed by atoms with Crippen LogP contribution in [-0.2, 0) is 16.8 Å². The maximum absolute atomic E-state index is 12.6. The molecule has 2 aromatic heterocycles. The number of amides is 1. The van der Waals surface area contributed by atoms with E-state index in [4.69, 9.17) is 17.3 Å². The summed E-state index contributed by atoms with van der Waals surface area (Å²) >= 11 is 7.32. The predicted molar refractivity (Wildman–Crippen MR) is 98.8 cm³/mol. The van der Waals surface area contributed by atoms with Crippen LogP contribution in [0.1, 0.15) is 24.4 Å². The summed E-state index contributed by atoms with van der Waals surface area (Å²) in [5.74, 6) is -0.249. The Morgan fingerprint density at radius 3 is 2.88 bits per heavy atom. The van der Waals surface area contributed by atoms with Gasteiger partial charge in [-0.2, -0.15) is 5.10 Å². The Bertz CT molecular complexity index is 903. The lowest BCUT2D eigenvalue weighted by molar-refractivity contribution is -0.123. The number of hydrogen-bond acceptors (Lipinski definition) is 6. The van der Waals surface area contributed by atoms with E-state index in [1.165, 1.54) is 22.2 Å². The molecule has 7 nitrogen and oxygen atoms in total. The zero-order chi connectivity index (χ0) is 18.0. The van der Waals surface area contributed by atoms with Crippen molar-refractivity contribution < 1.29 is 4.79 Å². The Hall–Kier alpha value is -2.45. The van der Waals surface area contributed by atoms with Gasteiger partial charge in [0.2, 0.25) is 5.13 Å². The van der Waals surface area contributed by atoms with Crippen LogP contribution in [0.2, 0.25) is 5.02 Å². The Kier molecular flexibility index (Phi) is 4.73. The van der Waals surface area contributed by atoms with Crippen LogP contribution in [-0.4, -0.2) is 25.9 Å². The van der Waals surface area contributed by atoms with Crippen LogP contribution in [0, 0.1) is 0 Å². The van der Waals surface area contributed by atoms with Crippen LogP contribution in [0.15, 0.2) is 36.7 Å². The summed E-state index contributed by atoms with van der Waals surface area (Å²) < 4.78 is 1.52. The van der Waals surface area contributed by atoms with Crippen LogP contribution in [0.4, 0.5) is 10.8 Å². The van der Waals surface area contributed by atoms with Gasteiger partial charge in [-0.05, 0) is 31.5 Å². The number of anilines is 2. The predicted octanol–water partition coefficient (Wildman–Crippen LogP) is 2.93. The molecule has 130 valence electrons. The van der Waals surface area contributed by atoms with E-state index in [2.05, 4.69) is 20.6 Å². The van der Waals surface area contributed by atoms with Gasteiger partial charge in [0.15, 0.2) is 0 Å². The van der Waals surface area contributed by atoms with Crippen molar-refractivity contribution in [2.45, 2.75) is 25.8 Å². The molecule has 0 spiro atoms. The van der Waals surface area contributed by atoms with E-state index in [1.807, 2.05) is 24.3 Å². The van der Waals surface area contributed by atoms with E-state index >= 15 is 0 Å². The van der Waals surface area contributed by atoms with Gasteiger partial charge in [0.1, 0.15) is 10.5 Å².